The maximum Gasteiger partial charge on any atom is 0.254 e. The number of hydrogen-bond donors (Lipinski definition) is 0. The van der Waals surface area contributed by atoms with Crippen molar-refractivity contribution in [3.63, 3.8) is 0 Å². The number of amides is 1. The summed E-state index contributed by atoms with van der Waals surface area (Å²) in [5, 5.41) is 0. The zero-order chi connectivity index (χ0) is 21.2. The molecule has 1 aliphatic carbocycles. The summed E-state index contributed by atoms with van der Waals surface area (Å²) in [6.45, 7) is 1.66. The number of methoxy groups -OCH3 is 1. The van der Waals surface area contributed by atoms with Crippen LogP contribution in [0.3, 0.4) is 0 Å². The third-order valence-corrected chi connectivity index (χ3v) is 6.01. The maximum absolute atomic E-state index is 13.4. The molecule has 2 fully saturated rings. The molecule has 1 saturated carbocycles. The lowest BCUT2D eigenvalue weighted by Crippen LogP contribution is -2.48. The van der Waals surface area contributed by atoms with Crippen LogP contribution in [0, 0.1) is 0 Å². The molecule has 2 aliphatic rings. The Morgan fingerprint density at radius 3 is 2.29 bits per heavy atom. The highest BCUT2D eigenvalue weighted by Crippen LogP contribution is 2.34. The monoisotopic (exact) mass is 419 g/mol. The van der Waals surface area contributed by atoms with Gasteiger partial charge in [-0.1, -0.05) is 12.1 Å². The van der Waals surface area contributed by atoms with Crippen LogP contribution >= 0.6 is 0 Å². The highest BCUT2D eigenvalue weighted by atomic mass is 16.5. The van der Waals surface area contributed by atoms with Crippen LogP contribution in [0.4, 0.5) is 5.95 Å². The molecule has 0 unspecified atom stereocenters. The Balaban J connectivity index is 1.26. The third kappa shape index (κ3) is 4.10. The minimum absolute atomic E-state index is 0.116. The summed E-state index contributed by atoms with van der Waals surface area (Å²) < 4.78 is 10.5. The Labute approximate surface area is 180 Å². The Morgan fingerprint density at radius 1 is 1.03 bits per heavy atom. The largest absolute Gasteiger partial charge is 0.494 e. The van der Waals surface area contributed by atoms with Gasteiger partial charge in [0.1, 0.15) is 0 Å². The Hall–Kier alpha value is -3.42. The molecular formula is C23H25N5O3. The summed E-state index contributed by atoms with van der Waals surface area (Å²) in [6, 6.07) is 8.20. The van der Waals surface area contributed by atoms with E-state index < -0.39 is 0 Å². The number of carbonyl (C=O) groups is 1. The Bertz CT molecular complexity index is 1010. The van der Waals surface area contributed by atoms with Crippen LogP contribution in [0.5, 0.6) is 5.75 Å². The highest BCUT2D eigenvalue weighted by Gasteiger charge is 2.39. The lowest BCUT2D eigenvalue weighted by molar-refractivity contribution is 0.0630. The van der Waals surface area contributed by atoms with E-state index >= 15 is 0 Å². The molecule has 1 amide bonds. The van der Waals surface area contributed by atoms with Gasteiger partial charge in [0, 0.05) is 36.3 Å². The molecule has 1 aromatic carbocycles. The van der Waals surface area contributed by atoms with E-state index in [1.165, 1.54) is 6.39 Å². The third-order valence-electron chi connectivity index (χ3n) is 6.01. The molecule has 3 aromatic rings. The molecule has 1 aliphatic heterocycles. The lowest BCUT2D eigenvalue weighted by Gasteiger charge is -2.39. The van der Waals surface area contributed by atoms with Crippen LogP contribution in [-0.4, -0.2) is 58.0 Å². The number of anilines is 1. The van der Waals surface area contributed by atoms with E-state index in [9.17, 15) is 4.79 Å². The van der Waals surface area contributed by atoms with Crippen molar-refractivity contribution >= 4 is 11.9 Å². The standard InChI is InChI=1S/C23H25N5O3/c1-30-20-12-25-23(26-13-20)27-10-8-19(9-11-27)28(18-6-7-18)22(29)17-4-2-16(3-5-17)21-14-24-15-31-21/h2-5,12-15,18-19H,6-11H2,1H3. The number of carbonyl (C=O) groups excluding carboxylic acids is 1. The molecular weight excluding hydrogens is 394 g/mol. The summed E-state index contributed by atoms with van der Waals surface area (Å²) in [5.74, 6) is 2.18. The fourth-order valence-corrected chi connectivity index (χ4v) is 4.19. The fraction of sp³-hybridized carbons (Fsp3) is 0.391. The van der Waals surface area contributed by atoms with Crippen LogP contribution in [0.15, 0.2) is 53.7 Å². The lowest BCUT2D eigenvalue weighted by atomic mass is 10.0. The molecule has 8 heteroatoms. The molecule has 2 aromatic heterocycles. The highest BCUT2D eigenvalue weighted by molar-refractivity contribution is 5.95. The van der Waals surface area contributed by atoms with Gasteiger partial charge in [-0.25, -0.2) is 15.0 Å². The fourth-order valence-electron chi connectivity index (χ4n) is 4.19. The number of piperidine rings is 1. The van der Waals surface area contributed by atoms with Gasteiger partial charge < -0.3 is 19.0 Å². The topological polar surface area (TPSA) is 84.6 Å². The molecule has 5 rings (SSSR count). The van der Waals surface area contributed by atoms with E-state index in [0.717, 1.165) is 49.9 Å². The van der Waals surface area contributed by atoms with Crippen LogP contribution < -0.4 is 9.64 Å². The Kier molecular flexibility index (Phi) is 5.28. The average molecular weight is 419 g/mol. The van der Waals surface area contributed by atoms with Crippen molar-refractivity contribution in [3.05, 3.63) is 54.8 Å². The average Bonchev–Trinajstić information content (AvgIpc) is 3.51. The van der Waals surface area contributed by atoms with E-state index in [2.05, 4.69) is 24.8 Å². The summed E-state index contributed by atoms with van der Waals surface area (Å²) in [7, 11) is 1.61. The second-order valence-corrected chi connectivity index (χ2v) is 8.03. The molecule has 3 heterocycles. The zero-order valence-corrected chi connectivity index (χ0v) is 17.5. The van der Waals surface area contributed by atoms with Gasteiger partial charge in [-0.2, -0.15) is 0 Å². The molecule has 0 N–H and O–H groups in total. The maximum atomic E-state index is 13.4. The van der Waals surface area contributed by atoms with Gasteiger partial charge in [0.25, 0.3) is 5.91 Å². The molecule has 0 atom stereocenters. The normalized spacial score (nSPS) is 16.9. The van der Waals surface area contributed by atoms with Gasteiger partial charge in [-0.3, -0.25) is 4.79 Å². The van der Waals surface area contributed by atoms with Crippen molar-refractivity contribution < 1.29 is 13.9 Å². The van der Waals surface area contributed by atoms with Gasteiger partial charge >= 0.3 is 0 Å². The SMILES string of the molecule is COc1cnc(N2CCC(N(C(=O)c3ccc(-c4cnco4)cc3)C3CC3)CC2)nc1. The summed E-state index contributed by atoms with van der Waals surface area (Å²) in [4.78, 5) is 30.4. The first-order valence-electron chi connectivity index (χ1n) is 10.7. The van der Waals surface area contributed by atoms with Crippen molar-refractivity contribution in [1.82, 2.24) is 19.9 Å². The first kappa shape index (κ1) is 19.5. The number of aromatic nitrogens is 3. The molecule has 31 heavy (non-hydrogen) atoms. The van der Waals surface area contributed by atoms with Crippen LogP contribution in [0.1, 0.15) is 36.0 Å². The van der Waals surface area contributed by atoms with Crippen molar-refractivity contribution in [3.8, 4) is 17.1 Å². The first-order chi connectivity index (χ1) is 15.2. The van der Waals surface area contributed by atoms with Gasteiger partial charge in [0.2, 0.25) is 5.95 Å². The molecule has 8 nitrogen and oxygen atoms in total. The summed E-state index contributed by atoms with van der Waals surface area (Å²) >= 11 is 0. The van der Waals surface area contributed by atoms with Crippen molar-refractivity contribution in [2.75, 3.05) is 25.1 Å². The van der Waals surface area contributed by atoms with E-state index in [1.807, 2.05) is 24.3 Å². The predicted molar refractivity (Wildman–Crippen MR) is 115 cm³/mol. The number of hydrogen-bond acceptors (Lipinski definition) is 7. The predicted octanol–water partition coefficient (Wildman–Crippen LogP) is 3.41. The summed E-state index contributed by atoms with van der Waals surface area (Å²) in [6.07, 6.45) is 10.5. The van der Waals surface area contributed by atoms with E-state index in [0.29, 0.717) is 23.5 Å². The van der Waals surface area contributed by atoms with Crippen molar-refractivity contribution in [2.24, 2.45) is 0 Å². The number of ether oxygens (including phenoxy) is 1. The van der Waals surface area contributed by atoms with Gasteiger partial charge in [0.15, 0.2) is 17.9 Å². The number of benzene rings is 1. The summed E-state index contributed by atoms with van der Waals surface area (Å²) in [5.41, 5.74) is 1.64. The molecule has 0 spiro atoms. The number of oxazole rings is 1. The number of nitrogens with zero attached hydrogens (tertiary/aromatic N) is 5. The van der Waals surface area contributed by atoms with Crippen LogP contribution in [0.25, 0.3) is 11.3 Å². The minimum atomic E-state index is 0.116. The van der Waals surface area contributed by atoms with Crippen LogP contribution in [-0.2, 0) is 0 Å². The van der Waals surface area contributed by atoms with Crippen molar-refractivity contribution in [1.29, 1.82) is 0 Å². The Morgan fingerprint density at radius 2 is 1.71 bits per heavy atom. The number of rotatable bonds is 6. The van der Waals surface area contributed by atoms with Crippen LogP contribution in [0.2, 0.25) is 0 Å². The van der Waals surface area contributed by atoms with Crippen molar-refractivity contribution in [2.45, 2.75) is 37.8 Å². The quantitative estimate of drug-likeness (QED) is 0.605. The van der Waals surface area contributed by atoms with E-state index in [-0.39, 0.29) is 11.9 Å². The van der Waals surface area contributed by atoms with E-state index in [4.69, 9.17) is 9.15 Å². The smallest absolute Gasteiger partial charge is 0.254 e. The second kappa shape index (κ2) is 8.37. The van der Waals surface area contributed by atoms with Gasteiger partial charge in [0.05, 0.1) is 25.7 Å². The van der Waals surface area contributed by atoms with Gasteiger partial charge in [-0.05, 0) is 37.8 Å². The first-order valence-corrected chi connectivity index (χ1v) is 10.7. The molecule has 1 saturated heterocycles. The molecule has 0 radical (unpaired) electrons. The molecule has 160 valence electrons. The molecule has 0 bridgehead atoms. The van der Waals surface area contributed by atoms with Gasteiger partial charge in [-0.15, -0.1) is 0 Å². The zero-order valence-electron chi connectivity index (χ0n) is 17.5. The minimum Gasteiger partial charge on any atom is -0.494 e. The second-order valence-electron chi connectivity index (χ2n) is 8.03. The van der Waals surface area contributed by atoms with E-state index in [1.54, 1.807) is 25.7 Å².